The third kappa shape index (κ3) is 6.90. The van der Waals surface area contributed by atoms with E-state index >= 15 is 0 Å². The minimum absolute atomic E-state index is 0.328. The summed E-state index contributed by atoms with van der Waals surface area (Å²) in [5.41, 5.74) is 8.55. The van der Waals surface area contributed by atoms with Crippen LogP contribution < -0.4 is 0 Å². The number of allylic oxidation sites excluding steroid dienone is 5. The molecule has 1 aliphatic carbocycles. The Morgan fingerprint density at radius 3 is 2.67 bits per heavy atom. The molecular formula is C30H40N2O. The number of benzene rings is 1. The van der Waals surface area contributed by atoms with Crippen LogP contribution in [0.5, 0.6) is 0 Å². The van der Waals surface area contributed by atoms with E-state index in [0.29, 0.717) is 30.5 Å². The number of ketones is 1. The molecule has 1 heterocycles. The highest BCUT2D eigenvalue weighted by Gasteiger charge is 2.28. The fourth-order valence-corrected chi connectivity index (χ4v) is 4.69. The van der Waals surface area contributed by atoms with Crippen LogP contribution in [0.2, 0.25) is 0 Å². The Labute approximate surface area is 200 Å². The molecule has 0 aliphatic heterocycles. The maximum atomic E-state index is 12.8. The van der Waals surface area contributed by atoms with Crippen LogP contribution in [0.25, 0.3) is 5.57 Å². The summed E-state index contributed by atoms with van der Waals surface area (Å²) < 4.78 is 0. The number of hydrogen-bond donors (Lipinski definition) is 1. The third-order valence-corrected chi connectivity index (χ3v) is 6.85. The van der Waals surface area contributed by atoms with Gasteiger partial charge in [0.1, 0.15) is 5.78 Å². The van der Waals surface area contributed by atoms with Gasteiger partial charge in [-0.05, 0) is 93.0 Å². The number of aromatic nitrogens is 2. The lowest BCUT2D eigenvalue weighted by Crippen LogP contribution is -2.08. The van der Waals surface area contributed by atoms with E-state index in [1.54, 1.807) is 0 Å². The molecule has 1 fully saturated rings. The second-order valence-corrected chi connectivity index (χ2v) is 9.54. The molecule has 0 saturated heterocycles. The predicted molar refractivity (Wildman–Crippen MR) is 139 cm³/mol. The zero-order valence-electron chi connectivity index (χ0n) is 20.9. The van der Waals surface area contributed by atoms with Crippen molar-refractivity contribution in [3.05, 3.63) is 82.7 Å². The van der Waals surface area contributed by atoms with Crippen molar-refractivity contribution in [2.45, 2.75) is 85.0 Å². The smallest absolute Gasteiger partial charge is 0.133 e. The highest BCUT2D eigenvalue weighted by Crippen LogP contribution is 2.42. The van der Waals surface area contributed by atoms with Crippen molar-refractivity contribution < 1.29 is 4.79 Å². The van der Waals surface area contributed by atoms with E-state index in [9.17, 15) is 4.79 Å². The fraction of sp³-hybridized carbons (Fsp3) is 0.467. The molecule has 0 bridgehead atoms. The van der Waals surface area contributed by atoms with Crippen LogP contribution in [0.15, 0.2) is 54.6 Å². The van der Waals surface area contributed by atoms with Gasteiger partial charge in [-0.3, -0.25) is 9.89 Å². The van der Waals surface area contributed by atoms with Crippen LogP contribution in [0, 0.1) is 19.8 Å². The largest absolute Gasteiger partial charge is 0.300 e. The quantitative estimate of drug-likeness (QED) is 0.320. The van der Waals surface area contributed by atoms with Gasteiger partial charge in [0.25, 0.3) is 0 Å². The summed E-state index contributed by atoms with van der Waals surface area (Å²) in [6.45, 7) is 12.5. The number of rotatable bonds is 13. The van der Waals surface area contributed by atoms with Crippen LogP contribution in [0.3, 0.4) is 0 Å². The number of H-pyrrole nitrogens is 1. The van der Waals surface area contributed by atoms with E-state index in [-0.39, 0.29) is 0 Å². The number of hydrogen-bond acceptors (Lipinski definition) is 2. The summed E-state index contributed by atoms with van der Waals surface area (Å²) in [5.74, 6) is 1.35. The molecule has 176 valence electrons. The highest BCUT2D eigenvalue weighted by atomic mass is 16.1. The minimum atomic E-state index is 0.328. The van der Waals surface area contributed by atoms with Crippen molar-refractivity contribution in [3.8, 4) is 0 Å². The summed E-state index contributed by atoms with van der Waals surface area (Å²) in [6, 6.07) is 8.80. The van der Waals surface area contributed by atoms with Crippen LogP contribution >= 0.6 is 0 Å². The molecule has 1 aromatic carbocycles. The van der Waals surface area contributed by atoms with Crippen molar-refractivity contribution >= 4 is 11.4 Å². The van der Waals surface area contributed by atoms with E-state index in [0.717, 1.165) is 37.1 Å². The Kier molecular flexibility index (Phi) is 9.05. The lowest BCUT2D eigenvalue weighted by atomic mass is 9.87. The fourth-order valence-electron chi connectivity index (χ4n) is 4.69. The number of aromatic amines is 1. The molecule has 1 atom stereocenters. The van der Waals surface area contributed by atoms with Gasteiger partial charge in [0.2, 0.25) is 0 Å². The van der Waals surface area contributed by atoms with Crippen LogP contribution in [0.1, 0.15) is 92.8 Å². The van der Waals surface area contributed by atoms with Gasteiger partial charge in [0.15, 0.2) is 0 Å². The zero-order chi connectivity index (χ0) is 23.8. The molecule has 0 radical (unpaired) electrons. The van der Waals surface area contributed by atoms with Gasteiger partial charge in [0, 0.05) is 24.1 Å². The molecule has 33 heavy (non-hydrogen) atoms. The maximum absolute atomic E-state index is 12.8. The second kappa shape index (κ2) is 12.0. The van der Waals surface area contributed by atoms with Crippen molar-refractivity contribution in [1.29, 1.82) is 0 Å². The molecule has 1 unspecified atom stereocenters. The maximum Gasteiger partial charge on any atom is 0.133 e. The van der Waals surface area contributed by atoms with Crippen molar-refractivity contribution in [1.82, 2.24) is 10.2 Å². The molecule has 0 amide bonds. The standard InChI is InChI=1S/C30H40N2O/c1-6-10-24(25-15-14-21(4)22(5)18-25)19-27(33)13-9-12-26-20-30(32-31-26)29(11-7-2)28(8-3)23-16-17-23/h7-8,11,14-15,18,20,23-24H,2,6,9-10,12-13,16-17,19H2,1,3-5H3,(H,31,32)/b28-8-,29-11+. The summed E-state index contributed by atoms with van der Waals surface area (Å²) >= 11 is 0. The number of nitrogens with one attached hydrogen (secondary N) is 1. The molecule has 1 aromatic heterocycles. The Bertz CT molecular complexity index is 1020. The SMILES string of the molecule is C=C/C=C(\C(=C/C)C1CC1)c1cc(CCCC(=O)CC(CCC)c2ccc(C)c(C)c2)[nH]n1. The average Bonchev–Trinajstić information content (AvgIpc) is 3.52. The van der Waals surface area contributed by atoms with E-state index in [2.05, 4.69) is 80.9 Å². The van der Waals surface area contributed by atoms with Crippen LogP contribution in [0.4, 0.5) is 0 Å². The highest BCUT2D eigenvalue weighted by molar-refractivity contribution is 5.80. The molecular weight excluding hydrogens is 404 g/mol. The third-order valence-electron chi connectivity index (χ3n) is 6.85. The summed E-state index contributed by atoms with van der Waals surface area (Å²) in [6.07, 6.45) is 13.8. The number of carbonyl (C=O) groups excluding carboxylic acids is 1. The van der Waals surface area contributed by atoms with E-state index in [4.69, 9.17) is 0 Å². The molecule has 3 nitrogen and oxygen atoms in total. The lowest BCUT2D eigenvalue weighted by molar-refractivity contribution is -0.119. The van der Waals surface area contributed by atoms with Crippen molar-refractivity contribution in [2.24, 2.45) is 5.92 Å². The summed E-state index contributed by atoms with van der Waals surface area (Å²) in [7, 11) is 0. The van der Waals surface area contributed by atoms with E-state index in [1.165, 1.54) is 40.7 Å². The Hall–Kier alpha value is -2.68. The molecule has 0 spiro atoms. The van der Waals surface area contributed by atoms with Gasteiger partial charge < -0.3 is 0 Å². The minimum Gasteiger partial charge on any atom is -0.300 e. The monoisotopic (exact) mass is 444 g/mol. The van der Waals surface area contributed by atoms with Gasteiger partial charge in [-0.25, -0.2) is 0 Å². The predicted octanol–water partition coefficient (Wildman–Crippen LogP) is 7.82. The van der Waals surface area contributed by atoms with E-state index < -0.39 is 0 Å². The normalized spacial score (nSPS) is 15.5. The summed E-state index contributed by atoms with van der Waals surface area (Å²) in [5, 5.41) is 7.76. The first kappa shape index (κ1) is 25.0. The van der Waals surface area contributed by atoms with Crippen molar-refractivity contribution in [2.75, 3.05) is 0 Å². The van der Waals surface area contributed by atoms with Gasteiger partial charge in [-0.15, -0.1) is 0 Å². The van der Waals surface area contributed by atoms with Crippen LogP contribution in [-0.4, -0.2) is 16.0 Å². The molecule has 3 rings (SSSR count). The van der Waals surface area contributed by atoms with Crippen LogP contribution in [-0.2, 0) is 11.2 Å². The topological polar surface area (TPSA) is 45.8 Å². The lowest BCUT2D eigenvalue weighted by Gasteiger charge is -2.17. The molecule has 3 heteroatoms. The van der Waals surface area contributed by atoms with Crippen molar-refractivity contribution in [3.63, 3.8) is 0 Å². The number of carbonyl (C=O) groups is 1. The zero-order valence-corrected chi connectivity index (χ0v) is 20.9. The Morgan fingerprint density at radius 2 is 2.03 bits per heavy atom. The van der Waals surface area contributed by atoms with Gasteiger partial charge >= 0.3 is 0 Å². The molecule has 1 N–H and O–H groups in total. The Morgan fingerprint density at radius 1 is 1.24 bits per heavy atom. The summed E-state index contributed by atoms with van der Waals surface area (Å²) in [4.78, 5) is 12.8. The number of nitrogens with zero attached hydrogens (tertiary/aromatic N) is 1. The molecule has 1 saturated carbocycles. The molecule has 2 aromatic rings. The second-order valence-electron chi connectivity index (χ2n) is 9.54. The average molecular weight is 445 g/mol. The van der Waals surface area contributed by atoms with E-state index in [1.807, 2.05) is 6.08 Å². The van der Waals surface area contributed by atoms with Gasteiger partial charge in [-0.2, -0.15) is 5.10 Å². The Balaban J connectivity index is 1.56. The van der Waals surface area contributed by atoms with Gasteiger partial charge in [-0.1, -0.05) is 56.4 Å². The van der Waals surface area contributed by atoms with Gasteiger partial charge in [0.05, 0.1) is 5.69 Å². The first-order valence-corrected chi connectivity index (χ1v) is 12.6. The first-order valence-electron chi connectivity index (χ1n) is 12.6. The number of aryl methyl sites for hydroxylation is 3. The number of Topliss-reactive ketones (excluding diaryl/α,β-unsaturated/α-hetero) is 1. The first-order chi connectivity index (χ1) is 16.0. The molecule has 1 aliphatic rings.